The molecule has 0 rings (SSSR count). The number of alkyl halides is 6. The Labute approximate surface area is 84.7 Å². The van der Waals surface area contributed by atoms with Crippen LogP contribution in [0, 0.1) is 6.42 Å². The van der Waals surface area contributed by atoms with E-state index in [-0.39, 0.29) is 25.7 Å². The second kappa shape index (κ2) is 6.23. The lowest BCUT2D eigenvalue weighted by Gasteiger charge is -2.06. The Balaban J connectivity index is 3.20. The van der Waals surface area contributed by atoms with Crippen LogP contribution in [-0.2, 0) is 0 Å². The van der Waals surface area contributed by atoms with Crippen LogP contribution in [0.5, 0.6) is 0 Å². The number of hydrogen-bond donors (Lipinski definition) is 0. The van der Waals surface area contributed by atoms with E-state index < -0.39 is 25.2 Å². The average molecular weight is 235 g/mol. The molecule has 6 heteroatoms. The van der Waals surface area contributed by atoms with Crippen LogP contribution < -0.4 is 0 Å². The van der Waals surface area contributed by atoms with E-state index >= 15 is 0 Å². The smallest absolute Gasteiger partial charge is 0.171 e. The van der Waals surface area contributed by atoms with E-state index in [0.29, 0.717) is 0 Å². The number of unbranched alkanes of at least 4 members (excludes halogenated alkanes) is 4. The van der Waals surface area contributed by atoms with Gasteiger partial charge in [-0.3, -0.25) is 0 Å². The van der Waals surface area contributed by atoms with Crippen molar-refractivity contribution < 1.29 is 26.3 Å². The van der Waals surface area contributed by atoms with Crippen molar-refractivity contribution in [2.45, 2.75) is 50.9 Å². The van der Waals surface area contributed by atoms with Crippen LogP contribution in [0.1, 0.15) is 38.5 Å². The molecule has 0 aromatic heterocycles. The molecule has 0 nitrogen and oxygen atoms in total. The summed E-state index contributed by atoms with van der Waals surface area (Å²) in [6.07, 6.45) is -8.25. The lowest BCUT2D eigenvalue weighted by atomic mass is 10.1. The van der Waals surface area contributed by atoms with E-state index in [9.17, 15) is 26.3 Å². The molecule has 1 radical (unpaired) electrons. The molecule has 0 N–H and O–H groups in total. The minimum absolute atomic E-state index is 0.0461. The topological polar surface area (TPSA) is 0 Å². The van der Waals surface area contributed by atoms with Gasteiger partial charge in [-0.1, -0.05) is 0 Å². The lowest BCUT2D eigenvalue weighted by molar-refractivity contribution is -0.135. The van der Waals surface area contributed by atoms with Crippen LogP contribution in [0.15, 0.2) is 0 Å². The third kappa shape index (κ3) is 13.6. The predicted octanol–water partition coefficient (Wildman–Crippen LogP) is 4.66. The van der Waals surface area contributed by atoms with Gasteiger partial charge in [-0.2, -0.15) is 26.3 Å². The van der Waals surface area contributed by atoms with Gasteiger partial charge in [-0.25, -0.2) is 0 Å². The zero-order chi connectivity index (χ0) is 11.9. The van der Waals surface area contributed by atoms with Gasteiger partial charge in [0.05, 0.1) is 0 Å². The van der Waals surface area contributed by atoms with E-state index in [1.54, 1.807) is 0 Å². The van der Waals surface area contributed by atoms with Crippen LogP contribution in [0.4, 0.5) is 26.3 Å². The summed E-state index contributed by atoms with van der Waals surface area (Å²) in [6.45, 7) is 0. The molecule has 0 amide bonds. The van der Waals surface area contributed by atoms with E-state index in [2.05, 4.69) is 0 Å². The number of halogens is 6. The minimum atomic E-state index is -4.17. The van der Waals surface area contributed by atoms with Gasteiger partial charge in [0.25, 0.3) is 0 Å². The summed E-state index contributed by atoms with van der Waals surface area (Å²) in [7, 11) is 0. The van der Waals surface area contributed by atoms with Crippen LogP contribution >= 0.6 is 0 Å². The molecule has 0 aromatic carbocycles. The van der Waals surface area contributed by atoms with Gasteiger partial charge in [0, 0.05) is 12.8 Å². The molecule has 0 aliphatic rings. The highest BCUT2D eigenvalue weighted by molar-refractivity contribution is 4.67. The van der Waals surface area contributed by atoms with Crippen molar-refractivity contribution in [1.29, 1.82) is 0 Å². The maximum Gasteiger partial charge on any atom is 0.389 e. The summed E-state index contributed by atoms with van der Waals surface area (Å²) in [5, 5.41) is 0. The molecule has 0 unspecified atom stereocenters. The molecule has 0 atom stereocenters. The first-order valence-corrected chi connectivity index (χ1v) is 4.66. The third-order valence-electron chi connectivity index (χ3n) is 1.74. The molecule has 0 spiro atoms. The first-order valence-electron chi connectivity index (χ1n) is 4.66. The Hall–Kier alpha value is -0.420. The summed E-state index contributed by atoms with van der Waals surface area (Å²) in [5.74, 6) is 0. The maximum absolute atomic E-state index is 11.6. The Bertz CT molecular complexity index is 139. The molecule has 0 saturated carbocycles. The second-order valence-corrected chi connectivity index (χ2v) is 3.30. The van der Waals surface area contributed by atoms with Crippen LogP contribution in [-0.4, -0.2) is 12.4 Å². The van der Waals surface area contributed by atoms with Crippen molar-refractivity contribution in [1.82, 2.24) is 0 Å². The average Bonchev–Trinajstić information content (AvgIpc) is 1.98. The molecular formula is C9H13F6. The standard InChI is InChI=1S/C9H13F6/c10-8(11,12)6-4-2-1-3-5-7-9(13,14)15/h1H,2-7H2. The van der Waals surface area contributed by atoms with Crippen molar-refractivity contribution in [2.24, 2.45) is 0 Å². The molecule has 0 aliphatic heterocycles. The van der Waals surface area contributed by atoms with Gasteiger partial charge in [0.2, 0.25) is 0 Å². The maximum atomic E-state index is 11.6. The Morgan fingerprint density at radius 2 is 1.00 bits per heavy atom. The summed E-state index contributed by atoms with van der Waals surface area (Å²) in [4.78, 5) is 0. The Morgan fingerprint density at radius 1 is 0.667 bits per heavy atom. The zero-order valence-corrected chi connectivity index (χ0v) is 8.09. The van der Waals surface area contributed by atoms with Crippen LogP contribution in [0.25, 0.3) is 0 Å². The van der Waals surface area contributed by atoms with Gasteiger partial charge >= 0.3 is 12.4 Å². The first kappa shape index (κ1) is 14.6. The van der Waals surface area contributed by atoms with Crippen molar-refractivity contribution in [2.75, 3.05) is 0 Å². The fourth-order valence-electron chi connectivity index (χ4n) is 1.04. The molecule has 91 valence electrons. The Morgan fingerprint density at radius 3 is 1.27 bits per heavy atom. The highest BCUT2D eigenvalue weighted by Crippen LogP contribution is 2.24. The molecule has 0 bridgehead atoms. The SMILES string of the molecule is FC(F)(F)CCC[CH]CCCC(F)(F)F. The summed E-state index contributed by atoms with van der Waals surface area (Å²) >= 11 is 0. The molecule has 0 aromatic rings. The lowest BCUT2D eigenvalue weighted by Crippen LogP contribution is -2.07. The molecule has 15 heavy (non-hydrogen) atoms. The number of hydrogen-bond acceptors (Lipinski definition) is 0. The summed E-state index contributed by atoms with van der Waals surface area (Å²) in [5.41, 5.74) is 0. The number of rotatable bonds is 6. The van der Waals surface area contributed by atoms with Crippen molar-refractivity contribution in [3.63, 3.8) is 0 Å². The van der Waals surface area contributed by atoms with E-state index in [1.807, 2.05) is 0 Å². The van der Waals surface area contributed by atoms with Gasteiger partial charge in [-0.15, -0.1) is 0 Å². The summed E-state index contributed by atoms with van der Waals surface area (Å²) in [6, 6.07) is 0. The molecular weight excluding hydrogens is 222 g/mol. The molecule has 0 aliphatic carbocycles. The van der Waals surface area contributed by atoms with E-state index in [4.69, 9.17) is 0 Å². The fraction of sp³-hybridized carbons (Fsp3) is 0.889. The summed E-state index contributed by atoms with van der Waals surface area (Å²) < 4.78 is 69.7. The zero-order valence-electron chi connectivity index (χ0n) is 8.09. The van der Waals surface area contributed by atoms with Gasteiger partial charge < -0.3 is 0 Å². The van der Waals surface area contributed by atoms with Crippen LogP contribution in [0.2, 0.25) is 0 Å². The fourth-order valence-corrected chi connectivity index (χ4v) is 1.04. The van der Waals surface area contributed by atoms with E-state index in [1.165, 1.54) is 6.42 Å². The normalized spacial score (nSPS) is 13.2. The largest absolute Gasteiger partial charge is 0.389 e. The highest BCUT2D eigenvalue weighted by atomic mass is 19.4. The van der Waals surface area contributed by atoms with Crippen molar-refractivity contribution in [3.8, 4) is 0 Å². The van der Waals surface area contributed by atoms with E-state index in [0.717, 1.165) is 0 Å². The minimum Gasteiger partial charge on any atom is -0.171 e. The van der Waals surface area contributed by atoms with Gasteiger partial charge in [-0.05, 0) is 32.1 Å². The molecule has 0 fully saturated rings. The van der Waals surface area contributed by atoms with Gasteiger partial charge in [0.1, 0.15) is 0 Å². The molecule has 0 heterocycles. The Kier molecular flexibility index (Phi) is 6.05. The van der Waals surface area contributed by atoms with Gasteiger partial charge in [0.15, 0.2) is 0 Å². The van der Waals surface area contributed by atoms with Crippen LogP contribution in [0.3, 0.4) is 0 Å². The third-order valence-corrected chi connectivity index (χ3v) is 1.74. The molecule has 0 saturated heterocycles. The monoisotopic (exact) mass is 235 g/mol. The second-order valence-electron chi connectivity index (χ2n) is 3.30. The quantitative estimate of drug-likeness (QED) is 0.464. The predicted molar refractivity (Wildman–Crippen MR) is 44.1 cm³/mol. The first-order chi connectivity index (χ1) is 6.71. The highest BCUT2D eigenvalue weighted by Gasteiger charge is 2.26. The van der Waals surface area contributed by atoms with Crippen molar-refractivity contribution >= 4 is 0 Å². The van der Waals surface area contributed by atoms with Crippen molar-refractivity contribution in [3.05, 3.63) is 6.42 Å².